The monoisotopic (exact) mass is 371 g/mol. The van der Waals surface area contributed by atoms with E-state index in [0.29, 0.717) is 5.33 Å². The molecular weight excluding hydrogens is 350 g/mol. The van der Waals surface area contributed by atoms with Crippen molar-refractivity contribution >= 4 is 28.0 Å². The average Bonchev–Trinajstić information content (AvgIpc) is 2.43. The van der Waals surface area contributed by atoms with Gasteiger partial charge in [0, 0.05) is 5.33 Å². The van der Waals surface area contributed by atoms with Crippen LogP contribution in [0.5, 0.6) is 0 Å². The Morgan fingerprint density at radius 1 is 1.23 bits per heavy atom. The number of halogens is 1. The standard InChI is InChI=1S/C16H22BrNO4/c1-16(2,3)22-15(20)18-13(10-17)9-14(19)21-11-12-7-5-4-6-8-12/h4-8,13H,9-11H2,1-3H3,(H,18,20). The van der Waals surface area contributed by atoms with Gasteiger partial charge in [-0.15, -0.1) is 0 Å². The number of rotatable bonds is 6. The molecule has 0 heterocycles. The first-order valence-electron chi connectivity index (χ1n) is 7.05. The van der Waals surface area contributed by atoms with Crippen molar-refractivity contribution in [1.29, 1.82) is 0 Å². The molecule has 1 unspecified atom stereocenters. The summed E-state index contributed by atoms with van der Waals surface area (Å²) in [5.74, 6) is -0.371. The van der Waals surface area contributed by atoms with Gasteiger partial charge < -0.3 is 14.8 Å². The van der Waals surface area contributed by atoms with Gasteiger partial charge >= 0.3 is 12.1 Å². The molecule has 5 nitrogen and oxygen atoms in total. The molecule has 0 fully saturated rings. The number of hydrogen-bond acceptors (Lipinski definition) is 4. The molecule has 0 aliphatic carbocycles. The third kappa shape index (κ3) is 8.02. The van der Waals surface area contributed by atoms with E-state index in [4.69, 9.17) is 9.47 Å². The van der Waals surface area contributed by atoms with Crippen molar-refractivity contribution in [2.45, 2.75) is 45.4 Å². The van der Waals surface area contributed by atoms with Gasteiger partial charge in [0.25, 0.3) is 0 Å². The Kier molecular flexibility index (Phi) is 7.38. The summed E-state index contributed by atoms with van der Waals surface area (Å²) in [5.41, 5.74) is 0.348. The average molecular weight is 372 g/mol. The second-order valence-corrected chi connectivity index (χ2v) is 6.50. The Morgan fingerprint density at radius 2 is 1.86 bits per heavy atom. The van der Waals surface area contributed by atoms with Crippen molar-refractivity contribution in [3.63, 3.8) is 0 Å². The molecule has 1 aromatic rings. The van der Waals surface area contributed by atoms with Crippen molar-refractivity contribution < 1.29 is 19.1 Å². The van der Waals surface area contributed by atoms with Crippen LogP contribution in [0.1, 0.15) is 32.8 Å². The van der Waals surface area contributed by atoms with Crippen LogP contribution in [0.2, 0.25) is 0 Å². The molecule has 22 heavy (non-hydrogen) atoms. The minimum Gasteiger partial charge on any atom is -0.461 e. The van der Waals surface area contributed by atoms with E-state index in [2.05, 4.69) is 21.2 Å². The summed E-state index contributed by atoms with van der Waals surface area (Å²) >= 11 is 3.27. The first kappa shape index (κ1) is 18.5. The highest BCUT2D eigenvalue weighted by molar-refractivity contribution is 9.09. The van der Waals surface area contributed by atoms with E-state index in [1.165, 1.54) is 0 Å². The predicted octanol–water partition coefficient (Wildman–Crippen LogP) is 3.41. The molecule has 1 N–H and O–H groups in total. The van der Waals surface area contributed by atoms with Crippen molar-refractivity contribution in [3.8, 4) is 0 Å². The lowest BCUT2D eigenvalue weighted by atomic mass is 10.2. The minimum absolute atomic E-state index is 0.0807. The van der Waals surface area contributed by atoms with E-state index in [-0.39, 0.29) is 25.0 Å². The van der Waals surface area contributed by atoms with Gasteiger partial charge in [0.05, 0.1) is 12.5 Å². The lowest BCUT2D eigenvalue weighted by Gasteiger charge is -2.22. The molecule has 6 heteroatoms. The minimum atomic E-state index is -0.575. The van der Waals surface area contributed by atoms with Crippen LogP contribution in [0.4, 0.5) is 4.79 Å². The number of nitrogens with one attached hydrogen (secondary N) is 1. The molecule has 0 aromatic heterocycles. The number of ether oxygens (including phenoxy) is 2. The van der Waals surface area contributed by atoms with Crippen LogP contribution in [-0.2, 0) is 20.9 Å². The van der Waals surface area contributed by atoms with Crippen molar-refractivity contribution in [3.05, 3.63) is 35.9 Å². The molecule has 0 saturated heterocycles. The largest absolute Gasteiger partial charge is 0.461 e. The van der Waals surface area contributed by atoms with Crippen LogP contribution in [0.3, 0.4) is 0 Å². The maximum Gasteiger partial charge on any atom is 0.407 e. The summed E-state index contributed by atoms with van der Waals surface area (Å²) in [6.07, 6.45) is -0.468. The molecule has 0 saturated carbocycles. The zero-order chi connectivity index (χ0) is 16.6. The van der Waals surface area contributed by atoms with E-state index in [9.17, 15) is 9.59 Å². The summed E-state index contributed by atoms with van der Waals surface area (Å²) in [4.78, 5) is 23.5. The molecule has 1 amide bonds. The zero-order valence-corrected chi connectivity index (χ0v) is 14.7. The highest BCUT2D eigenvalue weighted by atomic mass is 79.9. The first-order valence-corrected chi connectivity index (χ1v) is 8.17. The third-order valence-electron chi connectivity index (χ3n) is 2.56. The first-order chi connectivity index (χ1) is 10.3. The summed E-state index contributed by atoms with van der Waals surface area (Å²) in [6, 6.07) is 9.06. The second kappa shape index (κ2) is 8.78. The summed E-state index contributed by atoms with van der Waals surface area (Å²) in [5, 5.41) is 3.08. The molecule has 1 aromatic carbocycles. The lowest BCUT2D eigenvalue weighted by Crippen LogP contribution is -2.41. The molecule has 0 aliphatic rings. The van der Waals surface area contributed by atoms with Gasteiger partial charge in [-0.2, -0.15) is 0 Å². The predicted molar refractivity (Wildman–Crippen MR) is 87.8 cm³/mol. The normalized spacial score (nSPS) is 12.4. The molecule has 0 radical (unpaired) electrons. The van der Waals surface area contributed by atoms with Crippen LogP contribution in [-0.4, -0.2) is 29.0 Å². The molecule has 0 spiro atoms. The Morgan fingerprint density at radius 3 is 2.41 bits per heavy atom. The highest BCUT2D eigenvalue weighted by Gasteiger charge is 2.21. The molecule has 0 aliphatic heterocycles. The van der Waals surface area contributed by atoms with Crippen molar-refractivity contribution in [2.24, 2.45) is 0 Å². The third-order valence-corrected chi connectivity index (χ3v) is 3.34. The van der Waals surface area contributed by atoms with Crippen LogP contribution in [0, 0.1) is 0 Å². The van der Waals surface area contributed by atoms with Crippen LogP contribution in [0.15, 0.2) is 30.3 Å². The van der Waals surface area contributed by atoms with Crippen LogP contribution in [0.25, 0.3) is 0 Å². The fourth-order valence-electron chi connectivity index (χ4n) is 1.62. The smallest absolute Gasteiger partial charge is 0.407 e. The van der Waals surface area contributed by atoms with Gasteiger partial charge in [-0.3, -0.25) is 4.79 Å². The number of carbonyl (C=O) groups is 2. The van der Waals surface area contributed by atoms with Gasteiger partial charge in [-0.25, -0.2) is 4.79 Å². The maximum absolute atomic E-state index is 11.8. The molecule has 0 bridgehead atoms. The fraction of sp³-hybridized carbons (Fsp3) is 0.500. The van der Waals surface area contributed by atoms with E-state index >= 15 is 0 Å². The van der Waals surface area contributed by atoms with E-state index in [0.717, 1.165) is 5.56 Å². The molecule has 1 rings (SSSR count). The van der Waals surface area contributed by atoms with Crippen LogP contribution < -0.4 is 5.32 Å². The fourth-order valence-corrected chi connectivity index (χ4v) is 2.01. The SMILES string of the molecule is CC(C)(C)OC(=O)NC(CBr)CC(=O)OCc1ccccc1. The van der Waals surface area contributed by atoms with Gasteiger partial charge in [-0.05, 0) is 26.3 Å². The summed E-state index contributed by atoms with van der Waals surface area (Å²) in [6.45, 7) is 5.57. The Bertz CT molecular complexity index is 485. The van der Waals surface area contributed by atoms with Gasteiger partial charge in [0.15, 0.2) is 0 Å². The Labute approximate surface area is 139 Å². The quantitative estimate of drug-likeness (QED) is 0.614. The van der Waals surface area contributed by atoms with E-state index in [1.54, 1.807) is 20.8 Å². The second-order valence-electron chi connectivity index (χ2n) is 5.85. The van der Waals surface area contributed by atoms with Gasteiger partial charge in [0.2, 0.25) is 0 Å². The van der Waals surface area contributed by atoms with E-state index < -0.39 is 11.7 Å². The van der Waals surface area contributed by atoms with Crippen LogP contribution >= 0.6 is 15.9 Å². The number of carbonyl (C=O) groups excluding carboxylic acids is 2. The number of alkyl carbamates (subject to hydrolysis) is 1. The Balaban J connectivity index is 2.38. The van der Waals surface area contributed by atoms with Crippen molar-refractivity contribution in [1.82, 2.24) is 5.32 Å². The highest BCUT2D eigenvalue weighted by Crippen LogP contribution is 2.09. The molecule has 1 atom stereocenters. The number of amides is 1. The number of hydrogen-bond donors (Lipinski definition) is 1. The number of alkyl halides is 1. The van der Waals surface area contributed by atoms with Gasteiger partial charge in [-0.1, -0.05) is 46.3 Å². The Hall–Kier alpha value is -1.56. The number of esters is 1. The molecular formula is C16H22BrNO4. The summed E-state index contributed by atoms with van der Waals surface area (Å²) in [7, 11) is 0. The lowest BCUT2D eigenvalue weighted by molar-refractivity contribution is -0.145. The van der Waals surface area contributed by atoms with Gasteiger partial charge in [0.1, 0.15) is 12.2 Å². The number of benzene rings is 1. The summed E-state index contributed by atoms with van der Waals surface area (Å²) < 4.78 is 10.3. The topological polar surface area (TPSA) is 64.6 Å². The molecule has 122 valence electrons. The van der Waals surface area contributed by atoms with Crippen molar-refractivity contribution in [2.75, 3.05) is 5.33 Å². The van der Waals surface area contributed by atoms with E-state index in [1.807, 2.05) is 30.3 Å². The zero-order valence-electron chi connectivity index (χ0n) is 13.1. The maximum atomic E-state index is 11.8.